The van der Waals surface area contributed by atoms with Crippen LogP contribution >= 0.6 is 0 Å². The minimum absolute atomic E-state index is 0.119. The van der Waals surface area contributed by atoms with E-state index in [2.05, 4.69) is 10.6 Å². The number of rotatable bonds is 7. The van der Waals surface area contributed by atoms with Crippen LogP contribution in [0.2, 0.25) is 0 Å². The highest BCUT2D eigenvalue weighted by atomic mass is 16.5. The second-order valence-corrected chi connectivity index (χ2v) is 7.19. The predicted octanol–water partition coefficient (Wildman–Crippen LogP) is 3.95. The van der Waals surface area contributed by atoms with Crippen LogP contribution in [0, 0.1) is 18.8 Å². The van der Waals surface area contributed by atoms with Crippen LogP contribution in [0.15, 0.2) is 42.5 Å². The molecule has 29 heavy (non-hydrogen) atoms. The maximum absolute atomic E-state index is 12.6. The lowest BCUT2D eigenvalue weighted by Gasteiger charge is -2.13. The highest BCUT2D eigenvalue weighted by Crippen LogP contribution is 2.40. The van der Waals surface area contributed by atoms with Crippen LogP contribution in [-0.2, 0) is 20.7 Å². The fraction of sp³-hybridized carbons (Fsp3) is 0.348. The molecule has 0 saturated heterocycles. The van der Waals surface area contributed by atoms with E-state index < -0.39 is 5.97 Å². The summed E-state index contributed by atoms with van der Waals surface area (Å²) in [5.74, 6) is -1.36. The van der Waals surface area contributed by atoms with Gasteiger partial charge in [0.2, 0.25) is 11.8 Å². The van der Waals surface area contributed by atoms with E-state index in [1.165, 1.54) is 0 Å². The van der Waals surface area contributed by atoms with E-state index in [0.29, 0.717) is 24.3 Å². The first-order valence-electron chi connectivity index (χ1n) is 9.92. The quantitative estimate of drug-likeness (QED) is 0.697. The molecule has 0 heterocycles. The Morgan fingerprint density at radius 2 is 1.62 bits per heavy atom. The Kier molecular flexibility index (Phi) is 6.32. The fourth-order valence-electron chi connectivity index (χ4n) is 3.33. The monoisotopic (exact) mass is 394 g/mol. The number of carbonyl (C=O) groups is 3. The lowest BCUT2D eigenvalue weighted by atomic mass is 10.1. The molecule has 1 fully saturated rings. The van der Waals surface area contributed by atoms with Gasteiger partial charge in [-0.05, 0) is 62.1 Å². The molecule has 2 amide bonds. The zero-order valence-corrected chi connectivity index (χ0v) is 17.0. The van der Waals surface area contributed by atoms with Crippen LogP contribution < -0.4 is 10.6 Å². The number of hydrogen-bond acceptors (Lipinski definition) is 4. The largest absolute Gasteiger partial charge is 0.462 e. The topological polar surface area (TPSA) is 84.5 Å². The molecular weight excluding hydrogens is 368 g/mol. The van der Waals surface area contributed by atoms with Crippen LogP contribution in [0.3, 0.4) is 0 Å². The fourth-order valence-corrected chi connectivity index (χ4v) is 3.33. The highest BCUT2D eigenvalue weighted by Gasteiger charge is 2.48. The van der Waals surface area contributed by atoms with Gasteiger partial charge in [-0.25, -0.2) is 4.79 Å². The third kappa shape index (κ3) is 4.83. The average molecular weight is 394 g/mol. The smallest absolute Gasteiger partial charge is 0.338 e. The summed E-state index contributed by atoms with van der Waals surface area (Å²) in [6.45, 7) is 6.07. The molecule has 0 aliphatic heterocycles. The molecule has 0 aromatic heterocycles. The second kappa shape index (κ2) is 8.90. The van der Waals surface area contributed by atoms with Crippen LogP contribution in [0.1, 0.15) is 41.8 Å². The molecule has 2 aromatic carbocycles. The minimum Gasteiger partial charge on any atom is -0.462 e. The molecule has 2 N–H and O–H groups in total. The van der Waals surface area contributed by atoms with E-state index in [9.17, 15) is 14.4 Å². The third-order valence-electron chi connectivity index (χ3n) is 5.12. The Balaban J connectivity index is 1.57. The van der Waals surface area contributed by atoms with Gasteiger partial charge in [-0.3, -0.25) is 9.59 Å². The van der Waals surface area contributed by atoms with Crippen molar-refractivity contribution in [2.45, 2.75) is 33.6 Å². The summed E-state index contributed by atoms with van der Waals surface area (Å²) in [6, 6.07) is 12.5. The first-order chi connectivity index (χ1) is 13.9. The van der Waals surface area contributed by atoms with Crippen molar-refractivity contribution >= 4 is 29.2 Å². The number of nitrogens with one attached hydrogen (secondary N) is 2. The van der Waals surface area contributed by atoms with Crippen molar-refractivity contribution in [3.63, 3.8) is 0 Å². The number of esters is 1. The predicted molar refractivity (Wildman–Crippen MR) is 112 cm³/mol. The molecule has 6 nitrogen and oxygen atoms in total. The summed E-state index contributed by atoms with van der Waals surface area (Å²) < 4.78 is 4.94. The van der Waals surface area contributed by atoms with Crippen molar-refractivity contribution in [2.75, 3.05) is 17.2 Å². The maximum atomic E-state index is 12.6. The van der Waals surface area contributed by atoms with Crippen LogP contribution in [0.25, 0.3) is 0 Å². The third-order valence-corrected chi connectivity index (χ3v) is 5.12. The van der Waals surface area contributed by atoms with E-state index in [1.54, 1.807) is 31.2 Å². The normalized spacial score (nSPS) is 17.3. The highest BCUT2D eigenvalue weighted by molar-refractivity contribution is 6.04. The van der Waals surface area contributed by atoms with Crippen molar-refractivity contribution in [3.8, 4) is 0 Å². The van der Waals surface area contributed by atoms with Gasteiger partial charge in [-0.2, -0.15) is 0 Å². The molecule has 0 spiro atoms. The van der Waals surface area contributed by atoms with E-state index >= 15 is 0 Å². The van der Waals surface area contributed by atoms with E-state index in [4.69, 9.17) is 4.74 Å². The molecule has 2 unspecified atom stereocenters. The SMILES string of the molecule is CCOC(=O)c1ccc(NC(=O)C2CC2C(=O)Nc2c(C)cccc2CC)cc1. The van der Waals surface area contributed by atoms with Crippen molar-refractivity contribution < 1.29 is 19.1 Å². The van der Waals surface area contributed by atoms with Crippen molar-refractivity contribution in [3.05, 3.63) is 59.2 Å². The molecule has 1 saturated carbocycles. The molecule has 1 aliphatic carbocycles. The molecule has 2 aromatic rings. The van der Waals surface area contributed by atoms with Gasteiger partial charge in [0.15, 0.2) is 0 Å². The zero-order chi connectivity index (χ0) is 21.0. The Morgan fingerprint density at radius 1 is 0.966 bits per heavy atom. The number of ether oxygens (including phenoxy) is 1. The average Bonchev–Trinajstić information content (AvgIpc) is 3.51. The van der Waals surface area contributed by atoms with Gasteiger partial charge in [0.25, 0.3) is 0 Å². The number of aryl methyl sites for hydroxylation is 2. The number of amides is 2. The summed E-state index contributed by atoms with van der Waals surface area (Å²) in [6.07, 6.45) is 1.36. The van der Waals surface area contributed by atoms with Gasteiger partial charge < -0.3 is 15.4 Å². The minimum atomic E-state index is -0.396. The maximum Gasteiger partial charge on any atom is 0.338 e. The van der Waals surface area contributed by atoms with Gasteiger partial charge in [0, 0.05) is 11.4 Å². The Labute approximate surface area is 170 Å². The summed E-state index contributed by atoms with van der Waals surface area (Å²) in [7, 11) is 0. The summed E-state index contributed by atoms with van der Waals surface area (Å²) in [5.41, 5.74) is 3.96. The molecule has 0 radical (unpaired) electrons. The van der Waals surface area contributed by atoms with Crippen molar-refractivity contribution in [1.82, 2.24) is 0 Å². The Bertz CT molecular complexity index is 921. The molecule has 2 atom stereocenters. The van der Waals surface area contributed by atoms with E-state index in [1.807, 2.05) is 32.0 Å². The van der Waals surface area contributed by atoms with Gasteiger partial charge >= 0.3 is 5.97 Å². The summed E-state index contributed by atoms with van der Waals surface area (Å²) >= 11 is 0. The van der Waals surface area contributed by atoms with E-state index in [0.717, 1.165) is 23.2 Å². The molecule has 152 valence electrons. The summed E-state index contributed by atoms with van der Waals surface area (Å²) in [4.78, 5) is 36.8. The lowest BCUT2D eigenvalue weighted by Crippen LogP contribution is -2.21. The van der Waals surface area contributed by atoms with E-state index in [-0.39, 0.29) is 23.7 Å². The first-order valence-corrected chi connectivity index (χ1v) is 9.92. The zero-order valence-electron chi connectivity index (χ0n) is 17.0. The number of para-hydroxylation sites is 1. The second-order valence-electron chi connectivity index (χ2n) is 7.19. The molecular formula is C23H26N2O4. The van der Waals surface area contributed by atoms with Crippen molar-refractivity contribution in [1.29, 1.82) is 0 Å². The van der Waals surface area contributed by atoms with Crippen LogP contribution in [0.5, 0.6) is 0 Å². The van der Waals surface area contributed by atoms with Gasteiger partial charge in [-0.15, -0.1) is 0 Å². The Hall–Kier alpha value is -3.15. The standard InChI is InChI=1S/C23H26N2O4/c1-4-15-8-6-7-14(3)20(15)25-22(27)19-13-18(19)21(26)24-17-11-9-16(10-12-17)23(28)29-5-2/h6-12,18-19H,4-5,13H2,1-3H3,(H,24,26)(H,25,27). The number of anilines is 2. The number of hydrogen-bond donors (Lipinski definition) is 2. The first kappa shape index (κ1) is 20.6. The molecule has 6 heteroatoms. The van der Waals surface area contributed by atoms with Gasteiger partial charge in [0.1, 0.15) is 0 Å². The van der Waals surface area contributed by atoms with Crippen molar-refractivity contribution in [2.24, 2.45) is 11.8 Å². The van der Waals surface area contributed by atoms with Gasteiger partial charge in [-0.1, -0.05) is 25.1 Å². The van der Waals surface area contributed by atoms with Crippen LogP contribution in [-0.4, -0.2) is 24.4 Å². The van der Waals surface area contributed by atoms with Gasteiger partial charge in [0.05, 0.1) is 24.0 Å². The molecule has 0 bridgehead atoms. The number of benzene rings is 2. The Morgan fingerprint density at radius 3 is 2.24 bits per heavy atom. The lowest BCUT2D eigenvalue weighted by molar-refractivity contribution is -0.122. The number of carbonyl (C=O) groups excluding carboxylic acids is 3. The van der Waals surface area contributed by atoms with Crippen LogP contribution in [0.4, 0.5) is 11.4 Å². The molecule has 3 rings (SSSR count). The molecule has 1 aliphatic rings. The summed E-state index contributed by atoms with van der Waals surface area (Å²) in [5, 5.41) is 5.82.